The quantitative estimate of drug-likeness (QED) is 0.645. The molecule has 2 aliphatic heterocycles. The first-order valence-electron chi connectivity index (χ1n) is 5.12. The summed E-state index contributed by atoms with van der Waals surface area (Å²) in [5, 5.41) is 10.4. The fraction of sp³-hybridized carbons (Fsp3) is 1.00. The first-order chi connectivity index (χ1) is 6.12. The number of likely N-dealkylation sites (N-methyl/N-ethyl adjacent to an activating group) is 1. The summed E-state index contributed by atoms with van der Waals surface area (Å²) < 4.78 is 5.33. The molecular formula is C10H19NO2. The van der Waals surface area contributed by atoms with Gasteiger partial charge in [0.05, 0.1) is 12.2 Å². The van der Waals surface area contributed by atoms with Gasteiger partial charge in [-0.05, 0) is 26.8 Å². The van der Waals surface area contributed by atoms with Gasteiger partial charge in [-0.1, -0.05) is 0 Å². The summed E-state index contributed by atoms with van der Waals surface area (Å²) in [7, 11) is 2.08. The lowest BCUT2D eigenvalue weighted by atomic mass is 9.85. The SMILES string of the molecule is CC1CC(O)(C2CCOC2)CN1C. The zero-order valence-corrected chi connectivity index (χ0v) is 8.49. The largest absolute Gasteiger partial charge is 0.388 e. The topological polar surface area (TPSA) is 32.7 Å². The summed E-state index contributed by atoms with van der Waals surface area (Å²) in [5.41, 5.74) is -0.481. The molecule has 0 aromatic heterocycles. The Balaban J connectivity index is 2.04. The van der Waals surface area contributed by atoms with Gasteiger partial charge in [0.1, 0.15) is 0 Å². The van der Waals surface area contributed by atoms with E-state index in [1.165, 1.54) is 0 Å². The Bertz CT molecular complexity index is 179. The van der Waals surface area contributed by atoms with E-state index in [0.717, 1.165) is 32.6 Å². The van der Waals surface area contributed by atoms with Crippen LogP contribution in [0.2, 0.25) is 0 Å². The molecule has 3 nitrogen and oxygen atoms in total. The van der Waals surface area contributed by atoms with Crippen molar-refractivity contribution >= 4 is 0 Å². The van der Waals surface area contributed by atoms with Crippen LogP contribution in [0.4, 0.5) is 0 Å². The van der Waals surface area contributed by atoms with E-state index in [1.54, 1.807) is 0 Å². The molecule has 3 atom stereocenters. The van der Waals surface area contributed by atoms with Crippen molar-refractivity contribution in [3.05, 3.63) is 0 Å². The molecular weight excluding hydrogens is 166 g/mol. The minimum atomic E-state index is -0.481. The second-order valence-corrected chi connectivity index (χ2v) is 4.63. The summed E-state index contributed by atoms with van der Waals surface area (Å²) in [6.07, 6.45) is 1.93. The molecule has 0 saturated carbocycles. The molecule has 76 valence electrons. The number of likely N-dealkylation sites (tertiary alicyclic amines) is 1. The van der Waals surface area contributed by atoms with E-state index >= 15 is 0 Å². The molecule has 0 amide bonds. The molecule has 2 fully saturated rings. The second kappa shape index (κ2) is 3.23. The Kier molecular flexibility index (Phi) is 2.34. The lowest BCUT2D eigenvalue weighted by molar-refractivity contribution is -0.0111. The van der Waals surface area contributed by atoms with Crippen molar-refractivity contribution < 1.29 is 9.84 Å². The summed E-state index contributed by atoms with van der Waals surface area (Å²) in [6, 6.07) is 0.505. The average Bonchev–Trinajstić information content (AvgIpc) is 2.61. The van der Waals surface area contributed by atoms with Gasteiger partial charge in [0.2, 0.25) is 0 Å². The van der Waals surface area contributed by atoms with E-state index in [1.807, 2.05) is 0 Å². The van der Waals surface area contributed by atoms with Crippen LogP contribution in [-0.4, -0.2) is 48.5 Å². The minimum Gasteiger partial charge on any atom is -0.388 e. The number of hydrogen-bond donors (Lipinski definition) is 1. The van der Waals surface area contributed by atoms with Crippen molar-refractivity contribution in [2.45, 2.75) is 31.4 Å². The number of β-amino-alcohol motifs (C(OH)–C–C–N with tert-alkyl or cyclic N) is 1. The van der Waals surface area contributed by atoms with Crippen LogP contribution in [0.5, 0.6) is 0 Å². The second-order valence-electron chi connectivity index (χ2n) is 4.63. The van der Waals surface area contributed by atoms with Crippen molar-refractivity contribution in [2.75, 3.05) is 26.8 Å². The van der Waals surface area contributed by atoms with E-state index in [0.29, 0.717) is 12.0 Å². The highest BCUT2D eigenvalue weighted by Crippen LogP contribution is 2.36. The van der Waals surface area contributed by atoms with Crippen LogP contribution in [0.1, 0.15) is 19.8 Å². The molecule has 3 heteroatoms. The molecule has 2 aliphatic rings. The van der Waals surface area contributed by atoms with Gasteiger partial charge >= 0.3 is 0 Å². The Labute approximate surface area is 79.7 Å². The highest BCUT2D eigenvalue weighted by molar-refractivity contribution is 4.98. The zero-order valence-electron chi connectivity index (χ0n) is 8.49. The van der Waals surface area contributed by atoms with Gasteiger partial charge in [0.25, 0.3) is 0 Å². The van der Waals surface area contributed by atoms with Gasteiger partial charge in [-0.3, -0.25) is 0 Å². The Hall–Kier alpha value is -0.120. The highest BCUT2D eigenvalue weighted by Gasteiger charge is 2.45. The first-order valence-corrected chi connectivity index (χ1v) is 5.12. The third kappa shape index (κ3) is 1.60. The number of rotatable bonds is 1. The van der Waals surface area contributed by atoms with E-state index < -0.39 is 5.60 Å². The van der Waals surface area contributed by atoms with E-state index in [-0.39, 0.29) is 0 Å². The van der Waals surface area contributed by atoms with Crippen molar-refractivity contribution in [2.24, 2.45) is 5.92 Å². The normalized spacial score (nSPS) is 47.3. The fourth-order valence-electron chi connectivity index (χ4n) is 2.57. The Morgan fingerprint density at radius 3 is 2.77 bits per heavy atom. The molecule has 0 aromatic rings. The maximum absolute atomic E-state index is 10.4. The Morgan fingerprint density at radius 1 is 1.54 bits per heavy atom. The molecule has 2 saturated heterocycles. The van der Waals surface area contributed by atoms with E-state index in [9.17, 15) is 5.11 Å². The lowest BCUT2D eigenvalue weighted by Crippen LogP contribution is -2.40. The molecule has 13 heavy (non-hydrogen) atoms. The molecule has 2 heterocycles. The number of nitrogens with zero attached hydrogens (tertiary/aromatic N) is 1. The molecule has 2 rings (SSSR count). The molecule has 0 radical (unpaired) electrons. The summed E-state index contributed by atoms with van der Waals surface area (Å²) in [5.74, 6) is 0.361. The van der Waals surface area contributed by atoms with Crippen LogP contribution < -0.4 is 0 Å². The average molecular weight is 185 g/mol. The van der Waals surface area contributed by atoms with Gasteiger partial charge in [0, 0.05) is 25.1 Å². The maximum atomic E-state index is 10.4. The summed E-state index contributed by atoms with van der Waals surface area (Å²) in [4.78, 5) is 2.23. The van der Waals surface area contributed by atoms with Crippen LogP contribution >= 0.6 is 0 Å². The van der Waals surface area contributed by atoms with Crippen molar-refractivity contribution in [3.63, 3.8) is 0 Å². The van der Waals surface area contributed by atoms with E-state index in [4.69, 9.17) is 4.74 Å². The molecule has 0 aromatic carbocycles. The monoisotopic (exact) mass is 185 g/mol. The molecule has 3 unspecified atom stereocenters. The van der Waals surface area contributed by atoms with Crippen molar-refractivity contribution in [3.8, 4) is 0 Å². The van der Waals surface area contributed by atoms with Gasteiger partial charge in [0.15, 0.2) is 0 Å². The molecule has 0 spiro atoms. The van der Waals surface area contributed by atoms with Crippen LogP contribution in [0.3, 0.4) is 0 Å². The van der Waals surface area contributed by atoms with Gasteiger partial charge in [-0.25, -0.2) is 0 Å². The minimum absolute atomic E-state index is 0.361. The van der Waals surface area contributed by atoms with E-state index in [2.05, 4.69) is 18.9 Å². The van der Waals surface area contributed by atoms with Crippen LogP contribution in [0.25, 0.3) is 0 Å². The smallest absolute Gasteiger partial charge is 0.0839 e. The predicted octanol–water partition coefficient (Wildman–Crippen LogP) is 0.478. The van der Waals surface area contributed by atoms with Crippen LogP contribution in [-0.2, 0) is 4.74 Å². The van der Waals surface area contributed by atoms with Crippen molar-refractivity contribution in [1.82, 2.24) is 4.90 Å². The van der Waals surface area contributed by atoms with Gasteiger partial charge in [-0.2, -0.15) is 0 Å². The van der Waals surface area contributed by atoms with Gasteiger partial charge in [-0.15, -0.1) is 0 Å². The standard InChI is InChI=1S/C10H19NO2/c1-8-5-10(12,7-11(8)2)9-3-4-13-6-9/h8-9,12H,3-7H2,1-2H3. The zero-order chi connectivity index (χ0) is 9.47. The highest BCUT2D eigenvalue weighted by atomic mass is 16.5. The van der Waals surface area contributed by atoms with Gasteiger partial charge < -0.3 is 14.7 Å². The summed E-state index contributed by atoms with van der Waals surface area (Å²) >= 11 is 0. The Morgan fingerprint density at radius 2 is 2.31 bits per heavy atom. The van der Waals surface area contributed by atoms with Crippen molar-refractivity contribution in [1.29, 1.82) is 0 Å². The lowest BCUT2D eigenvalue weighted by Gasteiger charge is -2.28. The summed E-state index contributed by atoms with van der Waals surface area (Å²) in [6.45, 7) is 4.55. The number of aliphatic hydroxyl groups is 1. The molecule has 1 N–H and O–H groups in total. The first kappa shape index (κ1) is 9.44. The third-order valence-electron chi connectivity index (χ3n) is 3.61. The predicted molar refractivity (Wildman–Crippen MR) is 50.6 cm³/mol. The third-order valence-corrected chi connectivity index (χ3v) is 3.61. The van der Waals surface area contributed by atoms with Crippen LogP contribution in [0, 0.1) is 5.92 Å². The maximum Gasteiger partial charge on any atom is 0.0839 e. The number of ether oxygens (including phenoxy) is 1. The number of hydrogen-bond acceptors (Lipinski definition) is 3. The molecule has 0 aliphatic carbocycles. The fourth-order valence-corrected chi connectivity index (χ4v) is 2.57. The van der Waals surface area contributed by atoms with Crippen LogP contribution in [0.15, 0.2) is 0 Å². The molecule has 0 bridgehead atoms.